The Hall–Kier alpha value is -3.78. The number of imidazole rings is 1. The lowest BCUT2D eigenvalue weighted by Crippen LogP contribution is -2.44. The van der Waals surface area contributed by atoms with Gasteiger partial charge in [0.05, 0.1) is 23.3 Å². The second kappa shape index (κ2) is 8.39. The fourth-order valence-corrected chi connectivity index (χ4v) is 4.11. The summed E-state index contributed by atoms with van der Waals surface area (Å²) in [6, 6.07) is 10.0. The first-order valence-corrected chi connectivity index (χ1v) is 10.5. The highest BCUT2D eigenvalue weighted by Gasteiger charge is 2.19. The summed E-state index contributed by atoms with van der Waals surface area (Å²) in [4.78, 5) is 26.2. The topological polar surface area (TPSA) is 66.3 Å². The van der Waals surface area contributed by atoms with Crippen LogP contribution in [0.25, 0.3) is 16.5 Å². The zero-order chi connectivity index (χ0) is 22.1. The molecule has 0 atom stereocenters. The van der Waals surface area contributed by atoms with Crippen LogP contribution in [0.3, 0.4) is 0 Å². The first-order chi connectivity index (χ1) is 15.6. The summed E-state index contributed by atoms with van der Waals surface area (Å²) in [5.74, 6) is -0.873. The Balaban J connectivity index is 1.50. The number of benzene rings is 2. The molecule has 1 saturated heterocycles. The van der Waals surface area contributed by atoms with Gasteiger partial charge in [-0.3, -0.25) is 9.78 Å². The number of nitrogens with zero attached hydrogens (tertiary/aromatic N) is 5. The summed E-state index contributed by atoms with van der Waals surface area (Å²) in [6.07, 6.45) is 8.42. The van der Waals surface area contributed by atoms with Gasteiger partial charge in [0.25, 0.3) is 5.91 Å². The number of carbonyl (C=O) groups is 1. The molecule has 1 aliphatic rings. The van der Waals surface area contributed by atoms with Crippen LogP contribution >= 0.6 is 0 Å². The summed E-state index contributed by atoms with van der Waals surface area (Å²) >= 11 is 0. The van der Waals surface area contributed by atoms with E-state index in [0.717, 1.165) is 42.6 Å². The fourth-order valence-electron chi connectivity index (χ4n) is 4.11. The maximum Gasteiger partial charge on any atom is 0.257 e. The summed E-state index contributed by atoms with van der Waals surface area (Å²) in [6.45, 7) is 3.89. The van der Waals surface area contributed by atoms with Gasteiger partial charge in [0.1, 0.15) is 5.82 Å². The average Bonchev–Trinajstić information content (AvgIpc) is 3.35. The highest BCUT2D eigenvalue weighted by atomic mass is 19.1. The second-order valence-corrected chi connectivity index (χ2v) is 7.93. The molecule has 32 heavy (non-hydrogen) atoms. The first kappa shape index (κ1) is 20.1. The summed E-state index contributed by atoms with van der Waals surface area (Å²) in [5.41, 5.74) is 2.54. The molecule has 5 rings (SSSR count). The Morgan fingerprint density at radius 1 is 0.969 bits per heavy atom. The van der Waals surface area contributed by atoms with Crippen LogP contribution < -0.4 is 10.2 Å². The zero-order valence-corrected chi connectivity index (χ0v) is 17.7. The van der Waals surface area contributed by atoms with Crippen molar-refractivity contribution in [2.45, 2.75) is 0 Å². The SMILES string of the molecule is CN1CCN(c2ccc(NC(=O)c3cc(F)ccc3-n3ccnc3)c3cnccc23)CC1. The molecule has 2 aromatic heterocycles. The molecular formula is C24H23FN6O. The van der Waals surface area contributed by atoms with Gasteiger partial charge in [-0.15, -0.1) is 0 Å². The van der Waals surface area contributed by atoms with Gasteiger partial charge in [0.2, 0.25) is 0 Å². The van der Waals surface area contributed by atoms with E-state index in [2.05, 4.69) is 32.1 Å². The minimum atomic E-state index is -0.476. The number of pyridine rings is 1. The third-order valence-corrected chi connectivity index (χ3v) is 5.87. The largest absolute Gasteiger partial charge is 0.368 e. The van der Waals surface area contributed by atoms with Crippen LogP contribution in [0.15, 0.2) is 67.5 Å². The van der Waals surface area contributed by atoms with Crippen molar-refractivity contribution in [1.29, 1.82) is 0 Å². The van der Waals surface area contributed by atoms with Crippen LogP contribution in [-0.4, -0.2) is 58.6 Å². The smallest absolute Gasteiger partial charge is 0.257 e. The normalized spacial score (nSPS) is 14.6. The van der Waals surface area contributed by atoms with Gasteiger partial charge in [0.15, 0.2) is 0 Å². The van der Waals surface area contributed by atoms with E-state index in [9.17, 15) is 9.18 Å². The maximum atomic E-state index is 14.0. The Kier molecular flexibility index (Phi) is 5.28. The Morgan fingerprint density at radius 3 is 2.56 bits per heavy atom. The van der Waals surface area contributed by atoms with E-state index in [1.54, 1.807) is 41.7 Å². The van der Waals surface area contributed by atoms with Crippen LogP contribution in [0, 0.1) is 5.82 Å². The highest BCUT2D eigenvalue weighted by molar-refractivity contribution is 6.12. The van der Waals surface area contributed by atoms with Gasteiger partial charge in [0, 0.05) is 67.4 Å². The molecule has 0 unspecified atom stereocenters. The van der Waals surface area contributed by atoms with Gasteiger partial charge in [-0.25, -0.2) is 9.37 Å². The lowest BCUT2D eigenvalue weighted by molar-refractivity contribution is 0.102. The van der Waals surface area contributed by atoms with Crippen molar-refractivity contribution < 1.29 is 9.18 Å². The van der Waals surface area contributed by atoms with Crippen LogP contribution in [0.4, 0.5) is 15.8 Å². The standard InChI is InChI=1S/C24H23FN6O/c1-29-10-12-30(13-11-29)22-5-3-21(20-15-26-7-6-18(20)22)28-24(32)19-14-17(25)2-4-23(19)31-9-8-27-16-31/h2-9,14-16H,10-13H2,1H3,(H,28,32). The average molecular weight is 430 g/mol. The molecule has 162 valence electrons. The number of likely N-dealkylation sites (N-methyl/N-ethyl adjacent to an activating group) is 1. The van der Waals surface area contributed by atoms with E-state index in [4.69, 9.17) is 0 Å². The third kappa shape index (κ3) is 3.80. The zero-order valence-electron chi connectivity index (χ0n) is 17.7. The number of carbonyl (C=O) groups excluding carboxylic acids is 1. The second-order valence-electron chi connectivity index (χ2n) is 7.93. The quantitative estimate of drug-likeness (QED) is 0.536. The van der Waals surface area contributed by atoms with Crippen LogP contribution in [0.5, 0.6) is 0 Å². The van der Waals surface area contributed by atoms with Crippen molar-refractivity contribution in [2.75, 3.05) is 43.4 Å². The van der Waals surface area contributed by atoms with Crippen molar-refractivity contribution in [3.8, 4) is 5.69 Å². The Bertz CT molecular complexity index is 1260. The van der Waals surface area contributed by atoms with Crippen LogP contribution in [0.2, 0.25) is 0 Å². The Labute approximate surface area is 185 Å². The number of hydrogen-bond donors (Lipinski definition) is 1. The van der Waals surface area contributed by atoms with Gasteiger partial charge in [-0.2, -0.15) is 0 Å². The van der Waals surface area contributed by atoms with Crippen molar-refractivity contribution in [1.82, 2.24) is 19.4 Å². The predicted molar refractivity (Wildman–Crippen MR) is 123 cm³/mol. The minimum Gasteiger partial charge on any atom is -0.368 e. The molecule has 0 spiro atoms. The van der Waals surface area contributed by atoms with Crippen molar-refractivity contribution in [2.24, 2.45) is 0 Å². The number of nitrogens with one attached hydrogen (secondary N) is 1. The van der Waals surface area contributed by atoms with Gasteiger partial charge in [-0.05, 0) is 43.4 Å². The van der Waals surface area contributed by atoms with Crippen molar-refractivity contribution >= 4 is 28.1 Å². The van der Waals surface area contributed by atoms with Gasteiger partial charge < -0.3 is 19.7 Å². The summed E-state index contributed by atoms with van der Waals surface area (Å²) in [5, 5.41) is 4.83. The molecule has 0 saturated carbocycles. The first-order valence-electron chi connectivity index (χ1n) is 10.5. The van der Waals surface area contributed by atoms with E-state index in [-0.39, 0.29) is 5.56 Å². The van der Waals surface area contributed by atoms with E-state index in [1.165, 1.54) is 12.1 Å². The van der Waals surface area contributed by atoms with Crippen molar-refractivity contribution in [3.63, 3.8) is 0 Å². The fraction of sp³-hybridized carbons (Fsp3) is 0.208. The molecule has 4 aromatic rings. The molecule has 1 aliphatic heterocycles. The molecule has 1 fully saturated rings. The maximum absolute atomic E-state index is 14.0. The summed E-state index contributed by atoms with van der Waals surface area (Å²) in [7, 11) is 2.13. The third-order valence-electron chi connectivity index (χ3n) is 5.87. The molecular weight excluding hydrogens is 407 g/mol. The van der Waals surface area contributed by atoms with Gasteiger partial charge >= 0.3 is 0 Å². The molecule has 0 bridgehead atoms. The Morgan fingerprint density at radius 2 is 1.78 bits per heavy atom. The molecule has 2 aromatic carbocycles. The number of fused-ring (bicyclic) bond motifs is 1. The molecule has 1 amide bonds. The van der Waals surface area contributed by atoms with Crippen LogP contribution in [-0.2, 0) is 0 Å². The number of rotatable bonds is 4. The van der Waals surface area contributed by atoms with E-state index >= 15 is 0 Å². The number of amides is 1. The number of piperazine rings is 1. The van der Waals surface area contributed by atoms with E-state index < -0.39 is 11.7 Å². The summed E-state index contributed by atoms with van der Waals surface area (Å²) < 4.78 is 15.7. The van der Waals surface area contributed by atoms with E-state index in [1.807, 2.05) is 18.2 Å². The minimum absolute atomic E-state index is 0.225. The monoisotopic (exact) mass is 430 g/mol. The molecule has 0 aliphatic carbocycles. The lowest BCUT2D eigenvalue weighted by Gasteiger charge is -2.34. The van der Waals surface area contributed by atoms with Crippen LogP contribution in [0.1, 0.15) is 10.4 Å². The number of aromatic nitrogens is 3. The number of halogens is 1. The molecule has 8 heteroatoms. The van der Waals surface area contributed by atoms with Crippen molar-refractivity contribution in [3.05, 3.63) is 78.9 Å². The predicted octanol–water partition coefficient (Wildman–Crippen LogP) is 3.56. The lowest BCUT2D eigenvalue weighted by atomic mass is 10.1. The molecule has 3 heterocycles. The molecule has 1 N–H and O–H groups in total. The molecule has 7 nitrogen and oxygen atoms in total. The molecule has 0 radical (unpaired) electrons. The van der Waals surface area contributed by atoms with E-state index in [0.29, 0.717) is 11.4 Å². The highest BCUT2D eigenvalue weighted by Crippen LogP contribution is 2.33. The van der Waals surface area contributed by atoms with Gasteiger partial charge in [-0.1, -0.05) is 0 Å². The number of hydrogen-bond acceptors (Lipinski definition) is 5. The number of anilines is 2.